The molecule has 0 bridgehead atoms. The lowest BCUT2D eigenvalue weighted by atomic mass is 10.5. The van der Waals surface area contributed by atoms with Crippen molar-refractivity contribution in [2.45, 2.75) is 6.92 Å². The zero-order valence-corrected chi connectivity index (χ0v) is 8.54. The summed E-state index contributed by atoms with van der Waals surface area (Å²) in [6.07, 6.45) is 0. The summed E-state index contributed by atoms with van der Waals surface area (Å²) in [5, 5.41) is 0. The summed E-state index contributed by atoms with van der Waals surface area (Å²) >= 11 is 1.91. The third-order valence-electron chi connectivity index (χ3n) is 0.610. The van der Waals surface area contributed by atoms with E-state index in [-0.39, 0.29) is 0 Å². The van der Waals surface area contributed by atoms with Crippen LogP contribution in [-0.2, 0) is 0 Å². The van der Waals surface area contributed by atoms with Crippen molar-refractivity contribution in [1.82, 2.24) is 0 Å². The van der Waals surface area contributed by atoms with Crippen LogP contribution < -0.4 is 0 Å². The Kier molecular flexibility index (Phi) is 8.36. The molecule has 0 aromatic rings. The number of rotatable bonds is 0. The molecule has 0 aliphatic heterocycles. The summed E-state index contributed by atoms with van der Waals surface area (Å²) in [5.41, 5.74) is 0. The van der Waals surface area contributed by atoms with Gasteiger partial charge in [0, 0.05) is 22.6 Å². The van der Waals surface area contributed by atoms with Gasteiger partial charge in [0.25, 0.3) is 0 Å². The van der Waals surface area contributed by atoms with Crippen molar-refractivity contribution in [1.29, 1.82) is 0 Å². The fourth-order valence-corrected chi connectivity index (χ4v) is 0.408. The van der Waals surface area contributed by atoms with Crippen LogP contribution in [0.5, 0.6) is 0 Å². The molecular formula is C11H3I. The van der Waals surface area contributed by atoms with Crippen LogP contribution in [0.2, 0.25) is 0 Å². The van der Waals surface area contributed by atoms with E-state index in [4.69, 9.17) is 0 Å². The maximum Gasteiger partial charge on any atom is 0.0192 e. The standard InChI is InChI=1S/C11H3I/c1-2-3-4-5-6-7-8-9-10-11-12/h1H3. The molecule has 0 atom stereocenters. The number of halogens is 1. The zero-order valence-electron chi connectivity index (χ0n) is 6.38. The van der Waals surface area contributed by atoms with E-state index < -0.39 is 0 Å². The Morgan fingerprint density at radius 1 is 0.667 bits per heavy atom. The maximum atomic E-state index is 2.63. The van der Waals surface area contributed by atoms with Crippen LogP contribution >= 0.6 is 22.6 Å². The van der Waals surface area contributed by atoms with Gasteiger partial charge < -0.3 is 0 Å². The van der Waals surface area contributed by atoms with Gasteiger partial charge in [0.15, 0.2) is 0 Å². The Morgan fingerprint density at radius 2 is 1.08 bits per heavy atom. The summed E-state index contributed by atoms with van der Waals surface area (Å²) in [5.74, 6) is 22.9. The fraction of sp³-hybridized carbons (Fsp3) is 0.0909. The van der Waals surface area contributed by atoms with Gasteiger partial charge >= 0.3 is 0 Å². The van der Waals surface area contributed by atoms with E-state index in [0.717, 1.165) is 0 Å². The van der Waals surface area contributed by atoms with Crippen LogP contribution in [0.4, 0.5) is 0 Å². The van der Waals surface area contributed by atoms with E-state index in [1.165, 1.54) is 0 Å². The molecule has 0 aromatic heterocycles. The highest BCUT2D eigenvalue weighted by Crippen LogP contribution is 1.67. The first-order chi connectivity index (χ1) is 5.91. The third-order valence-corrected chi connectivity index (χ3v) is 0.879. The first-order valence-electron chi connectivity index (χ1n) is 2.94. The molecule has 0 saturated carbocycles. The minimum absolute atomic E-state index is 1.72. The molecule has 0 aliphatic rings. The van der Waals surface area contributed by atoms with Crippen molar-refractivity contribution in [3.05, 3.63) is 0 Å². The summed E-state index contributed by atoms with van der Waals surface area (Å²) in [6, 6.07) is 0. The Bertz CT molecular complexity index is 386. The van der Waals surface area contributed by atoms with Gasteiger partial charge in [-0.3, -0.25) is 0 Å². The van der Waals surface area contributed by atoms with Crippen molar-refractivity contribution in [2.24, 2.45) is 0 Å². The molecule has 0 saturated heterocycles. The number of hydrogen-bond acceptors (Lipinski definition) is 0. The van der Waals surface area contributed by atoms with Gasteiger partial charge in [0.1, 0.15) is 0 Å². The van der Waals surface area contributed by atoms with Crippen LogP contribution in [0.1, 0.15) is 6.92 Å². The van der Waals surface area contributed by atoms with Crippen LogP contribution in [0.25, 0.3) is 0 Å². The molecule has 0 rings (SSSR count). The highest BCUT2D eigenvalue weighted by molar-refractivity contribution is 14.1. The lowest BCUT2D eigenvalue weighted by Gasteiger charge is -1.54. The normalized spacial score (nSPS) is 3.83. The predicted molar refractivity (Wildman–Crippen MR) is 58.6 cm³/mol. The van der Waals surface area contributed by atoms with E-state index in [1.54, 1.807) is 6.92 Å². The molecular weight excluding hydrogens is 259 g/mol. The Hall–Kier alpha value is -1.47. The smallest absolute Gasteiger partial charge is 0.0192 e. The Balaban J connectivity index is 4.07. The molecule has 0 aliphatic carbocycles. The summed E-state index contributed by atoms with van der Waals surface area (Å²) in [4.78, 5) is 0. The monoisotopic (exact) mass is 262 g/mol. The van der Waals surface area contributed by atoms with Gasteiger partial charge in [-0.2, -0.15) is 0 Å². The van der Waals surface area contributed by atoms with Gasteiger partial charge in [-0.1, -0.05) is 5.92 Å². The first-order valence-corrected chi connectivity index (χ1v) is 4.02. The van der Waals surface area contributed by atoms with Crippen molar-refractivity contribution in [3.63, 3.8) is 0 Å². The fourth-order valence-electron chi connectivity index (χ4n) is 0.274. The van der Waals surface area contributed by atoms with Crippen LogP contribution in [0.15, 0.2) is 0 Å². The van der Waals surface area contributed by atoms with Crippen molar-refractivity contribution < 1.29 is 0 Å². The van der Waals surface area contributed by atoms with Crippen LogP contribution in [0, 0.1) is 57.2 Å². The minimum atomic E-state index is 1.72. The van der Waals surface area contributed by atoms with Gasteiger partial charge in [-0.05, 0) is 58.2 Å². The van der Waals surface area contributed by atoms with Crippen LogP contribution in [0.3, 0.4) is 0 Å². The average Bonchev–Trinajstić information content (AvgIpc) is 2.10. The highest BCUT2D eigenvalue weighted by atomic mass is 127. The predicted octanol–water partition coefficient (Wildman–Crippen LogP) is 1.42. The quantitative estimate of drug-likeness (QED) is 0.457. The topological polar surface area (TPSA) is 0 Å². The molecule has 0 amide bonds. The van der Waals surface area contributed by atoms with Gasteiger partial charge in [-0.25, -0.2) is 0 Å². The first kappa shape index (κ1) is 10.5. The Labute approximate surface area is 86.6 Å². The molecule has 0 heterocycles. The molecule has 0 spiro atoms. The lowest BCUT2D eigenvalue weighted by Crippen LogP contribution is -1.53. The lowest BCUT2D eigenvalue weighted by molar-refractivity contribution is 1.92. The summed E-state index contributed by atoms with van der Waals surface area (Å²) < 4.78 is 2.60. The molecule has 0 radical (unpaired) electrons. The van der Waals surface area contributed by atoms with Crippen molar-refractivity contribution in [2.75, 3.05) is 0 Å². The molecule has 0 fully saturated rings. The molecule has 54 valence electrons. The Morgan fingerprint density at radius 3 is 1.50 bits per heavy atom. The van der Waals surface area contributed by atoms with E-state index >= 15 is 0 Å². The maximum absolute atomic E-state index is 2.63. The second-order valence-electron chi connectivity index (χ2n) is 1.34. The average molecular weight is 262 g/mol. The van der Waals surface area contributed by atoms with E-state index in [0.29, 0.717) is 0 Å². The largest absolute Gasteiger partial charge is 0.0925 e. The van der Waals surface area contributed by atoms with Gasteiger partial charge in [0.05, 0.1) is 0 Å². The SMILES string of the molecule is CC#CC#CC#CC#CC#CI. The highest BCUT2D eigenvalue weighted by Gasteiger charge is 1.54. The minimum Gasteiger partial charge on any atom is -0.0925 e. The second-order valence-corrected chi connectivity index (χ2v) is 1.88. The van der Waals surface area contributed by atoms with Crippen molar-refractivity contribution in [3.8, 4) is 57.2 Å². The molecule has 0 aromatic carbocycles. The van der Waals surface area contributed by atoms with Gasteiger partial charge in [-0.15, -0.1) is 0 Å². The number of hydrogen-bond donors (Lipinski definition) is 0. The summed E-state index contributed by atoms with van der Waals surface area (Å²) in [7, 11) is 0. The third kappa shape index (κ3) is 8.53. The second kappa shape index (κ2) is 9.53. The molecule has 0 N–H and O–H groups in total. The molecule has 0 nitrogen and oxygen atoms in total. The summed E-state index contributed by atoms with van der Waals surface area (Å²) in [6.45, 7) is 1.72. The molecule has 12 heavy (non-hydrogen) atoms. The van der Waals surface area contributed by atoms with E-state index in [2.05, 4.69) is 57.2 Å². The van der Waals surface area contributed by atoms with Crippen molar-refractivity contribution >= 4 is 22.6 Å². The van der Waals surface area contributed by atoms with E-state index in [1.807, 2.05) is 22.6 Å². The zero-order chi connectivity index (χ0) is 9.07. The molecule has 1 heteroatoms. The van der Waals surface area contributed by atoms with Gasteiger partial charge in [0.2, 0.25) is 0 Å². The molecule has 0 unspecified atom stereocenters. The van der Waals surface area contributed by atoms with Crippen LogP contribution in [-0.4, -0.2) is 0 Å². The van der Waals surface area contributed by atoms with E-state index in [9.17, 15) is 0 Å².